The SMILES string of the molecule is CC(C)(C)OC(=O)N1CCC(CNc2nc(N3CCOCC3)cc(-n3c(C(F)F)nc4ccc(Cl)cc43)n2)CC1. The molecule has 0 aliphatic carbocycles. The van der Waals surface area contributed by atoms with E-state index >= 15 is 0 Å². The molecule has 1 N–H and O–H groups in total. The van der Waals surface area contributed by atoms with Crippen molar-refractivity contribution in [3.8, 4) is 5.82 Å². The number of carbonyl (C=O) groups excluding carboxylic acids is 1. The number of nitrogens with zero attached hydrogens (tertiary/aromatic N) is 6. The Morgan fingerprint density at radius 1 is 1.10 bits per heavy atom. The lowest BCUT2D eigenvalue weighted by Gasteiger charge is -2.33. The molecule has 0 bridgehead atoms. The lowest BCUT2D eigenvalue weighted by Crippen LogP contribution is -2.42. The molecule has 0 unspecified atom stereocenters. The molecule has 2 saturated heterocycles. The van der Waals surface area contributed by atoms with Crippen molar-refractivity contribution in [2.24, 2.45) is 5.92 Å². The normalized spacial score (nSPS) is 17.1. The molecule has 5 rings (SSSR count). The van der Waals surface area contributed by atoms with Crippen molar-refractivity contribution in [1.82, 2.24) is 24.4 Å². The lowest BCUT2D eigenvalue weighted by atomic mass is 9.97. The van der Waals surface area contributed by atoms with E-state index < -0.39 is 17.9 Å². The van der Waals surface area contributed by atoms with Crippen molar-refractivity contribution in [2.75, 3.05) is 56.2 Å². The van der Waals surface area contributed by atoms with Crippen LogP contribution in [0.1, 0.15) is 45.9 Å². The van der Waals surface area contributed by atoms with E-state index in [0.717, 1.165) is 12.8 Å². The molecular weight excluding hydrogens is 544 g/mol. The number of ether oxygens (including phenoxy) is 2. The van der Waals surface area contributed by atoms with E-state index in [1.165, 1.54) is 4.57 Å². The first-order valence-corrected chi connectivity index (χ1v) is 13.9. The van der Waals surface area contributed by atoms with Gasteiger partial charge in [-0.25, -0.2) is 18.6 Å². The van der Waals surface area contributed by atoms with Gasteiger partial charge in [-0.15, -0.1) is 0 Å². The molecule has 2 fully saturated rings. The summed E-state index contributed by atoms with van der Waals surface area (Å²) in [5, 5.41) is 3.73. The maximum Gasteiger partial charge on any atom is 0.410 e. The van der Waals surface area contributed by atoms with Gasteiger partial charge in [0.15, 0.2) is 5.82 Å². The maximum atomic E-state index is 14.1. The summed E-state index contributed by atoms with van der Waals surface area (Å²) in [7, 11) is 0. The molecule has 2 aromatic heterocycles. The van der Waals surface area contributed by atoms with Crippen molar-refractivity contribution >= 4 is 40.5 Å². The second-order valence-electron chi connectivity index (χ2n) is 11.0. The Morgan fingerprint density at radius 3 is 2.48 bits per heavy atom. The number of morpholine rings is 1. The minimum Gasteiger partial charge on any atom is -0.444 e. The van der Waals surface area contributed by atoms with E-state index in [4.69, 9.17) is 26.1 Å². The van der Waals surface area contributed by atoms with Crippen LogP contribution in [-0.4, -0.2) is 82.1 Å². The predicted molar refractivity (Wildman–Crippen MR) is 149 cm³/mol. The zero-order chi connectivity index (χ0) is 28.4. The van der Waals surface area contributed by atoms with E-state index in [9.17, 15) is 13.6 Å². The number of benzene rings is 1. The quantitative estimate of drug-likeness (QED) is 0.421. The van der Waals surface area contributed by atoms with Gasteiger partial charge in [0.2, 0.25) is 5.95 Å². The Kier molecular flexibility index (Phi) is 8.27. The molecule has 0 atom stereocenters. The summed E-state index contributed by atoms with van der Waals surface area (Å²) in [6.07, 6.45) is -1.53. The minimum atomic E-state index is -2.82. The van der Waals surface area contributed by atoms with Gasteiger partial charge in [0.1, 0.15) is 17.2 Å². The molecule has 216 valence electrons. The minimum absolute atomic E-state index is 0.277. The number of aromatic nitrogens is 4. The van der Waals surface area contributed by atoms with Crippen molar-refractivity contribution < 1.29 is 23.0 Å². The summed E-state index contributed by atoms with van der Waals surface area (Å²) in [5.74, 6) is 1.09. The van der Waals surface area contributed by atoms with E-state index in [1.807, 2.05) is 25.7 Å². The summed E-state index contributed by atoms with van der Waals surface area (Å²) in [6.45, 7) is 9.67. The van der Waals surface area contributed by atoms with Crippen LogP contribution in [0.4, 0.5) is 25.3 Å². The third kappa shape index (κ3) is 6.55. The van der Waals surface area contributed by atoms with Crippen molar-refractivity contribution in [3.63, 3.8) is 0 Å². The number of nitrogens with one attached hydrogen (secondary N) is 1. The zero-order valence-electron chi connectivity index (χ0n) is 22.9. The Labute approximate surface area is 236 Å². The molecule has 0 radical (unpaired) electrons. The van der Waals surface area contributed by atoms with Gasteiger partial charge in [-0.2, -0.15) is 9.97 Å². The average molecular weight is 578 g/mol. The van der Waals surface area contributed by atoms with Crippen LogP contribution in [0.2, 0.25) is 5.02 Å². The van der Waals surface area contributed by atoms with E-state index in [-0.39, 0.29) is 17.8 Å². The number of carbonyl (C=O) groups is 1. The molecular formula is C27H34ClF2N7O3. The fourth-order valence-corrected chi connectivity index (χ4v) is 5.07. The molecule has 2 aliphatic rings. The number of fused-ring (bicyclic) bond motifs is 1. The number of alkyl halides is 2. The summed E-state index contributed by atoms with van der Waals surface area (Å²) in [5.41, 5.74) is 0.305. The third-order valence-electron chi connectivity index (χ3n) is 6.92. The smallest absolute Gasteiger partial charge is 0.410 e. The number of hydrogen-bond acceptors (Lipinski definition) is 8. The van der Waals surface area contributed by atoms with Crippen LogP contribution in [0, 0.1) is 5.92 Å². The Hall–Kier alpha value is -3.25. The molecule has 13 heteroatoms. The monoisotopic (exact) mass is 577 g/mol. The molecule has 0 spiro atoms. The number of halogens is 3. The first-order chi connectivity index (χ1) is 19.1. The highest BCUT2D eigenvalue weighted by Crippen LogP contribution is 2.31. The first kappa shape index (κ1) is 28.3. The van der Waals surface area contributed by atoms with Gasteiger partial charge >= 0.3 is 6.09 Å². The number of amides is 1. The van der Waals surface area contributed by atoms with Crippen LogP contribution >= 0.6 is 11.6 Å². The van der Waals surface area contributed by atoms with Gasteiger partial charge in [-0.05, 0) is 57.7 Å². The van der Waals surface area contributed by atoms with E-state index in [2.05, 4.69) is 15.3 Å². The Bertz CT molecular complexity index is 1350. The molecule has 4 heterocycles. The van der Waals surface area contributed by atoms with Gasteiger partial charge in [0, 0.05) is 43.8 Å². The standard InChI is InChI=1S/C27H34ClF2N7O3/c1-27(2,3)40-26(38)36-8-6-17(7-9-36)16-31-25-33-21(35-10-12-39-13-11-35)15-22(34-25)37-20-14-18(28)4-5-19(20)32-24(37)23(29)30/h4-5,14-15,17,23H,6-13,16H2,1-3H3,(H,31,33,34). The van der Waals surface area contributed by atoms with Gasteiger partial charge in [-0.1, -0.05) is 11.6 Å². The van der Waals surface area contributed by atoms with Gasteiger partial charge in [0.05, 0.1) is 24.2 Å². The van der Waals surface area contributed by atoms with Crippen LogP contribution in [-0.2, 0) is 9.47 Å². The highest BCUT2D eigenvalue weighted by atomic mass is 35.5. The van der Waals surface area contributed by atoms with Gasteiger partial charge in [-0.3, -0.25) is 4.57 Å². The second kappa shape index (κ2) is 11.7. The van der Waals surface area contributed by atoms with E-state index in [0.29, 0.717) is 73.8 Å². The number of anilines is 2. The maximum absolute atomic E-state index is 14.1. The van der Waals surface area contributed by atoms with Crippen LogP contribution in [0.25, 0.3) is 16.9 Å². The molecule has 0 saturated carbocycles. The number of imidazole rings is 1. The predicted octanol–water partition coefficient (Wildman–Crippen LogP) is 5.30. The van der Waals surface area contributed by atoms with Crippen LogP contribution in [0.5, 0.6) is 0 Å². The highest BCUT2D eigenvalue weighted by molar-refractivity contribution is 6.31. The topological polar surface area (TPSA) is 97.6 Å². The molecule has 3 aromatic rings. The average Bonchev–Trinajstić information content (AvgIpc) is 3.31. The summed E-state index contributed by atoms with van der Waals surface area (Å²) >= 11 is 6.22. The summed E-state index contributed by atoms with van der Waals surface area (Å²) in [6, 6.07) is 6.55. The molecule has 40 heavy (non-hydrogen) atoms. The first-order valence-electron chi connectivity index (χ1n) is 13.5. The lowest BCUT2D eigenvalue weighted by molar-refractivity contribution is 0.0188. The highest BCUT2D eigenvalue weighted by Gasteiger charge is 2.28. The number of likely N-dealkylation sites (tertiary alicyclic amines) is 1. The van der Waals surface area contributed by atoms with Crippen molar-refractivity contribution in [1.29, 1.82) is 0 Å². The van der Waals surface area contributed by atoms with Crippen molar-refractivity contribution in [3.05, 3.63) is 35.1 Å². The van der Waals surface area contributed by atoms with Crippen LogP contribution in [0.15, 0.2) is 24.3 Å². The number of piperidine rings is 1. The van der Waals surface area contributed by atoms with E-state index in [1.54, 1.807) is 29.2 Å². The van der Waals surface area contributed by atoms with Crippen LogP contribution in [0.3, 0.4) is 0 Å². The number of rotatable bonds is 6. The molecule has 2 aliphatic heterocycles. The molecule has 10 nitrogen and oxygen atoms in total. The van der Waals surface area contributed by atoms with Crippen LogP contribution < -0.4 is 10.2 Å². The largest absolute Gasteiger partial charge is 0.444 e. The van der Waals surface area contributed by atoms with Gasteiger partial charge in [0.25, 0.3) is 6.43 Å². The summed E-state index contributed by atoms with van der Waals surface area (Å²) in [4.78, 5) is 29.7. The molecule has 1 aromatic carbocycles. The second-order valence-corrected chi connectivity index (χ2v) is 11.5. The molecule has 1 amide bonds. The Morgan fingerprint density at radius 2 is 1.80 bits per heavy atom. The zero-order valence-corrected chi connectivity index (χ0v) is 23.6. The third-order valence-corrected chi connectivity index (χ3v) is 7.15. The van der Waals surface area contributed by atoms with Gasteiger partial charge < -0.3 is 24.6 Å². The van der Waals surface area contributed by atoms with Crippen molar-refractivity contribution in [2.45, 2.75) is 45.6 Å². The number of hydrogen-bond donors (Lipinski definition) is 1. The summed E-state index contributed by atoms with van der Waals surface area (Å²) < 4.78 is 40.6. The fraction of sp³-hybridized carbons (Fsp3) is 0.556. The Balaban J connectivity index is 1.39. The fourth-order valence-electron chi connectivity index (χ4n) is 4.91.